The Bertz CT molecular complexity index is 391. The third kappa shape index (κ3) is 2.37. The number of rotatable bonds is 1. The molecule has 1 aliphatic heterocycles. The minimum atomic E-state index is -0.423. The van der Waals surface area contributed by atoms with Gasteiger partial charge in [-0.2, -0.15) is 0 Å². The zero-order valence-electron chi connectivity index (χ0n) is 8.30. The summed E-state index contributed by atoms with van der Waals surface area (Å²) in [6.45, 7) is 3.21. The minimum Gasteiger partial charge on any atom is -0.337 e. The smallest absolute Gasteiger partial charge is 0.240 e. The van der Waals surface area contributed by atoms with Crippen molar-refractivity contribution in [2.45, 2.75) is 25.3 Å². The Morgan fingerprint density at radius 1 is 1.73 bits per heavy atom. The van der Waals surface area contributed by atoms with Gasteiger partial charge in [-0.05, 0) is 40.9 Å². The van der Waals surface area contributed by atoms with Gasteiger partial charge < -0.3 is 4.90 Å². The summed E-state index contributed by atoms with van der Waals surface area (Å²) in [7, 11) is 0. The van der Waals surface area contributed by atoms with Crippen LogP contribution in [-0.2, 0) is 17.8 Å². The molecule has 0 spiro atoms. The first-order valence-corrected chi connectivity index (χ1v) is 6.82. The van der Waals surface area contributed by atoms with Crippen LogP contribution in [0, 0.1) is 0 Å². The maximum absolute atomic E-state index is 11.7. The second kappa shape index (κ2) is 4.44. The van der Waals surface area contributed by atoms with Crippen LogP contribution in [0.3, 0.4) is 0 Å². The van der Waals surface area contributed by atoms with Crippen LogP contribution in [0.5, 0.6) is 0 Å². The van der Waals surface area contributed by atoms with E-state index in [0.717, 1.165) is 16.8 Å². The summed E-state index contributed by atoms with van der Waals surface area (Å²) in [4.78, 5) is 14.9. The second-order valence-electron chi connectivity index (χ2n) is 3.62. The fourth-order valence-electron chi connectivity index (χ4n) is 1.74. The van der Waals surface area contributed by atoms with Gasteiger partial charge >= 0.3 is 0 Å². The maximum atomic E-state index is 11.7. The second-order valence-corrected chi connectivity index (χ2v) is 6.80. The molecular weight excluding hydrogens is 298 g/mol. The van der Waals surface area contributed by atoms with Crippen molar-refractivity contribution in [1.82, 2.24) is 4.90 Å². The number of halogens is 2. The van der Waals surface area contributed by atoms with Crippen molar-refractivity contribution in [1.29, 1.82) is 0 Å². The molecule has 0 fully saturated rings. The molecule has 0 aromatic carbocycles. The van der Waals surface area contributed by atoms with Gasteiger partial charge in [0.2, 0.25) is 5.91 Å². The standard InChI is InChI=1S/C10H11BrClNOS/c1-6(12)10(14)13-3-2-8-7(5-13)4-9(11)15-8/h4,6H,2-3,5H2,1H3. The van der Waals surface area contributed by atoms with Gasteiger partial charge in [0, 0.05) is 18.0 Å². The Morgan fingerprint density at radius 3 is 3.13 bits per heavy atom. The highest BCUT2D eigenvalue weighted by atomic mass is 79.9. The lowest BCUT2D eigenvalue weighted by Crippen LogP contribution is -2.38. The van der Waals surface area contributed by atoms with Gasteiger partial charge in [-0.15, -0.1) is 22.9 Å². The summed E-state index contributed by atoms with van der Waals surface area (Å²) in [6, 6.07) is 2.10. The van der Waals surface area contributed by atoms with Crippen LogP contribution >= 0.6 is 38.9 Å². The number of amides is 1. The topological polar surface area (TPSA) is 20.3 Å². The molecule has 2 rings (SSSR count). The summed E-state index contributed by atoms with van der Waals surface area (Å²) in [5.74, 6) is 0.0321. The molecule has 15 heavy (non-hydrogen) atoms. The normalized spacial score (nSPS) is 17.4. The van der Waals surface area contributed by atoms with E-state index in [-0.39, 0.29) is 5.91 Å². The van der Waals surface area contributed by atoms with E-state index in [9.17, 15) is 4.79 Å². The first kappa shape index (κ1) is 11.4. The van der Waals surface area contributed by atoms with E-state index in [1.165, 1.54) is 10.4 Å². The molecule has 1 aromatic rings. The molecule has 2 heterocycles. The molecule has 0 aliphatic carbocycles. The van der Waals surface area contributed by atoms with Gasteiger partial charge in [0.15, 0.2) is 0 Å². The molecule has 2 nitrogen and oxygen atoms in total. The quantitative estimate of drug-likeness (QED) is 0.730. The van der Waals surface area contributed by atoms with E-state index in [2.05, 4.69) is 22.0 Å². The molecule has 1 aliphatic rings. The summed E-state index contributed by atoms with van der Waals surface area (Å²) >= 11 is 11.0. The van der Waals surface area contributed by atoms with Crippen molar-refractivity contribution in [3.63, 3.8) is 0 Å². The number of alkyl halides is 1. The highest BCUT2D eigenvalue weighted by Gasteiger charge is 2.24. The highest BCUT2D eigenvalue weighted by Crippen LogP contribution is 2.31. The van der Waals surface area contributed by atoms with E-state index in [1.54, 1.807) is 18.3 Å². The van der Waals surface area contributed by atoms with Gasteiger partial charge in [0.25, 0.3) is 0 Å². The third-order valence-electron chi connectivity index (χ3n) is 2.49. The lowest BCUT2D eigenvalue weighted by atomic mass is 10.1. The van der Waals surface area contributed by atoms with Crippen LogP contribution in [0.1, 0.15) is 17.4 Å². The molecule has 1 amide bonds. The number of carbonyl (C=O) groups excluding carboxylic acids is 1. The molecule has 82 valence electrons. The Kier molecular flexibility index (Phi) is 3.38. The van der Waals surface area contributed by atoms with Crippen molar-refractivity contribution >= 4 is 44.8 Å². The summed E-state index contributed by atoms with van der Waals surface area (Å²) in [5, 5.41) is -0.423. The predicted octanol–water partition coefficient (Wildman–Crippen LogP) is 3.02. The summed E-state index contributed by atoms with van der Waals surface area (Å²) < 4.78 is 1.14. The Morgan fingerprint density at radius 2 is 2.47 bits per heavy atom. The van der Waals surface area contributed by atoms with Gasteiger partial charge in [-0.25, -0.2) is 0 Å². The minimum absolute atomic E-state index is 0.0321. The van der Waals surface area contributed by atoms with Crippen molar-refractivity contribution in [3.8, 4) is 0 Å². The van der Waals surface area contributed by atoms with Crippen molar-refractivity contribution in [2.24, 2.45) is 0 Å². The Balaban J connectivity index is 2.15. The fourth-order valence-corrected chi connectivity index (χ4v) is 3.62. The monoisotopic (exact) mass is 307 g/mol. The van der Waals surface area contributed by atoms with Gasteiger partial charge in [0.05, 0.1) is 3.79 Å². The van der Waals surface area contributed by atoms with E-state index < -0.39 is 5.38 Å². The average Bonchev–Trinajstić information content (AvgIpc) is 2.55. The van der Waals surface area contributed by atoms with E-state index in [4.69, 9.17) is 11.6 Å². The van der Waals surface area contributed by atoms with E-state index in [1.807, 2.05) is 4.90 Å². The van der Waals surface area contributed by atoms with Gasteiger partial charge in [-0.3, -0.25) is 4.79 Å². The van der Waals surface area contributed by atoms with Crippen LogP contribution in [0.4, 0.5) is 0 Å². The molecule has 0 saturated carbocycles. The molecule has 0 N–H and O–H groups in total. The molecule has 0 saturated heterocycles. The van der Waals surface area contributed by atoms with Crippen molar-refractivity contribution in [2.75, 3.05) is 6.54 Å². The first-order valence-electron chi connectivity index (χ1n) is 4.78. The number of hydrogen-bond donors (Lipinski definition) is 0. The average molecular weight is 309 g/mol. The number of hydrogen-bond acceptors (Lipinski definition) is 2. The van der Waals surface area contributed by atoms with Gasteiger partial charge in [0.1, 0.15) is 5.38 Å². The lowest BCUT2D eigenvalue weighted by molar-refractivity contribution is -0.131. The third-order valence-corrected chi connectivity index (χ3v) is 4.42. The van der Waals surface area contributed by atoms with E-state index in [0.29, 0.717) is 6.54 Å². The Labute approximate surface area is 106 Å². The SMILES string of the molecule is CC(Cl)C(=O)N1CCc2sc(Br)cc2C1. The van der Waals surface area contributed by atoms with E-state index >= 15 is 0 Å². The predicted molar refractivity (Wildman–Crippen MR) is 66.5 cm³/mol. The number of thiophene rings is 1. The molecule has 5 heteroatoms. The molecule has 1 unspecified atom stereocenters. The lowest BCUT2D eigenvalue weighted by Gasteiger charge is -2.27. The molecule has 1 atom stereocenters. The van der Waals surface area contributed by atoms with Crippen molar-refractivity contribution < 1.29 is 4.79 Å². The maximum Gasteiger partial charge on any atom is 0.240 e. The summed E-state index contributed by atoms with van der Waals surface area (Å²) in [6.07, 6.45) is 0.945. The number of nitrogens with zero attached hydrogens (tertiary/aromatic N) is 1. The fraction of sp³-hybridized carbons (Fsp3) is 0.500. The number of carbonyl (C=O) groups is 1. The molecular formula is C10H11BrClNOS. The van der Waals surface area contributed by atoms with Crippen LogP contribution < -0.4 is 0 Å². The summed E-state index contributed by atoms with van der Waals surface area (Å²) in [5.41, 5.74) is 1.25. The van der Waals surface area contributed by atoms with Crippen LogP contribution in [0.25, 0.3) is 0 Å². The van der Waals surface area contributed by atoms with Gasteiger partial charge in [-0.1, -0.05) is 0 Å². The molecule has 1 aromatic heterocycles. The zero-order chi connectivity index (χ0) is 11.0. The van der Waals surface area contributed by atoms with Crippen LogP contribution in [-0.4, -0.2) is 22.7 Å². The largest absolute Gasteiger partial charge is 0.337 e. The molecule has 0 radical (unpaired) electrons. The first-order chi connectivity index (χ1) is 7.08. The number of fused-ring (bicyclic) bond motifs is 1. The van der Waals surface area contributed by atoms with Crippen LogP contribution in [0.2, 0.25) is 0 Å². The zero-order valence-corrected chi connectivity index (χ0v) is 11.5. The Hall–Kier alpha value is -0.0600. The molecule has 0 bridgehead atoms. The highest BCUT2D eigenvalue weighted by molar-refractivity contribution is 9.11. The van der Waals surface area contributed by atoms with Crippen LogP contribution in [0.15, 0.2) is 9.85 Å². The van der Waals surface area contributed by atoms with Crippen molar-refractivity contribution in [3.05, 3.63) is 20.3 Å².